The van der Waals surface area contributed by atoms with Gasteiger partial charge in [-0.2, -0.15) is 0 Å². The number of benzene rings is 2. The van der Waals surface area contributed by atoms with Gasteiger partial charge in [0.05, 0.1) is 42.9 Å². The number of halogens is 2. The van der Waals surface area contributed by atoms with Gasteiger partial charge in [-0.25, -0.2) is 9.97 Å². The normalized spacial score (nSPS) is 13.4. The molecule has 1 N–H and O–H groups in total. The summed E-state index contributed by atoms with van der Waals surface area (Å²) in [7, 11) is 4.64. The fraction of sp³-hybridized carbons (Fsp3) is 0.471. The molecule has 1 aliphatic heterocycles. The second kappa shape index (κ2) is 17.4. The number of nitrogens with zero attached hydrogens (tertiary/aromatic N) is 5. The SMILES string of the molecule is CCCCCCNC(=O)CN1CCN(c2ccc(Cc3cc(N(C)C(=O)Cc4c(Cl)c(OC)cc(OC)c4Cl)ncn3)cc2)CC1. The number of amides is 2. The zero-order chi connectivity index (χ0) is 33.1. The van der Waals surface area contributed by atoms with Crippen LogP contribution in [0.25, 0.3) is 0 Å². The minimum atomic E-state index is -0.253. The van der Waals surface area contributed by atoms with Crippen molar-refractivity contribution in [1.82, 2.24) is 20.2 Å². The lowest BCUT2D eigenvalue weighted by atomic mass is 10.1. The topological polar surface area (TPSA) is 100 Å². The van der Waals surface area contributed by atoms with E-state index in [9.17, 15) is 9.59 Å². The van der Waals surface area contributed by atoms with Crippen LogP contribution in [0.15, 0.2) is 42.7 Å². The van der Waals surface area contributed by atoms with Crippen LogP contribution < -0.4 is 24.6 Å². The summed E-state index contributed by atoms with van der Waals surface area (Å²) in [5, 5.41) is 3.58. The first-order chi connectivity index (χ1) is 22.2. The van der Waals surface area contributed by atoms with Crippen molar-refractivity contribution in [2.24, 2.45) is 0 Å². The zero-order valence-corrected chi connectivity index (χ0v) is 28.7. The molecule has 0 saturated carbocycles. The summed E-state index contributed by atoms with van der Waals surface area (Å²) in [6.07, 6.45) is 6.61. The number of anilines is 2. The molecule has 0 spiro atoms. The predicted molar refractivity (Wildman–Crippen MR) is 184 cm³/mol. The van der Waals surface area contributed by atoms with Crippen molar-refractivity contribution in [3.8, 4) is 11.5 Å². The minimum absolute atomic E-state index is 0.0664. The number of rotatable bonds is 15. The lowest BCUT2D eigenvalue weighted by molar-refractivity contribution is -0.122. The molecular formula is C34H44Cl2N6O4. The van der Waals surface area contributed by atoms with E-state index in [1.807, 2.05) is 6.07 Å². The minimum Gasteiger partial charge on any atom is -0.495 e. The number of nitrogens with one attached hydrogen (secondary N) is 1. The molecule has 3 aromatic rings. The van der Waals surface area contributed by atoms with Crippen LogP contribution in [0.1, 0.15) is 49.4 Å². The van der Waals surface area contributed by atoms with Crippen LogP contribution in [-0.4, -0.2) is 87.2 Å². The second-order valence-corrected chi connectivity index (χ2v) is 12.2. The molecule has 1 saturated heterocycles. The summed E-state index contributed by atoms with van der Waals surface area (Å²) >= 11 is 13.0. The van der Waals surface area contributed by atoms with Crippen molar-refractivity contribution >= 4 is 46.5 Å². The van der Waals surface area contributed by atoms with Crippen LogP contribution in [0, 0.1) is 0 Å². The lowest BCUT2D eigenvalue weighted by Gasteiger charge is -2.35. The number of ether oxygens (including phenoxy) is 2. The first-order valence-electron chi connectivity index (χ1n) is 15.7. The molecule has 0 unspecified atom stereocenters. The third-order valence-corrected chi connectivity index (χ3v) is 9.03. The molecule has 0 atom stereocenters. The smallest absolute Gasteiger partial charge is 0.234 e. The molecule has 2 aromatic carbocycles. The lowest BCUT2D eigenvalue weighted by Crippen LogP contribution is -2.49. The number of hydrogen-bond donors (Lipinski definition) is 1. The van der Waals surface area contributed by atoms with E-state index in [0.717, 1.165) is 56.1 Å². The van der Waals surface area contributed by atoms with Crippen LogP contribution in [0.3, 0.4) is 0 Å². The van der Waals surface area contributed by atoms with Crippen molar-refractivity contribution in [3.63, 3.8) is 0 Å². The molecule has 4 rings (SSSR count). The highest BCUT2D eigenvalue weighted by molar-refractivity contribution is 6.38. The maximum Gasteiger partial charge on any atom is 0.234 e. The molecule has 0 bridgehead atoms. The van der Waals surface area contributed by atoms with Gasteiger partial charge in [-0.1, -0.05) is 61.5 Å². The number of hydrogen-bond acceptors (Lipinski definition) is 8. The molecule has 1 aromatic heterocycles. The Morgan fingerprint density at radius 2 is 1.61 bits per heavy atom. The maximum absolute atomic E-state index is 13.3. The molecule has 248 valence electrons. The first kappa shape index (κ1) is 35.3. The van der Waals surface area contributed by atoms with Crippen molar-refractivity contribution in [1.29, 1.82) is 0 Å². The monoisotopic (exact) mass is 670 g/mol. The van der Waals surface area contributed by atoms with Crippen molar-refractivity contribution in [2.45, 2.75) is 45.4 Å². The highest BCUT2D eigenvalue weighted by Gasteiger charge is 2.23. The second-order valence-electron chi connectivity index (χ2n) is 11.4. The van der Waals surface area contributed by atoms with E-state index in [4.69, 9.17) is 32.7 Å². The maximum atomic E-state index is 13.3. The Hall–Kier alpha value is -3.60. The van der Waals surface area contributed by atoms with Crippen LogP contribution in [0.4, 0.5) is 11.5 Å². The highest BCUT2D eigenvalue weighted by Crippen LogP contribution is 2.40. The van der Waals surface area contributed by atoms with E-state index in [-0.39, 0.29) is 28.3 Å². The predicted octanol–water partition coefficient (Wildman–Crippen LogP) is 5.42. The molecule has 1 fully saturated rings. The van der Waals surface area contributed by atoms with Gasteiger partial charge in [-0.05, 0) is 24.1 Å². The molecule has 0 aliphatic carbocycles. The summed E-state index contributed by atoms with van der Waals surface area (Å²) < 4.78 is 10.7. The zero-order valence-electron chi connectivity index (χ0n) is 27.2. The third kappa shape index (κ3) is 9.47. The Morgan fingerprint density at radius 3 is 2.24 bits per heavy atom. The van der Waals surface area contributed by atoms with Crippen LogP contribution >= 0.6 is 23.2 Å². The van der Waals surface area contributed by atoms with Crippen molar-refractivity contribution < 1.29 is 19.1 Å². The van der Waals surface area contributed by atoms with Crippen LogP contribution in [-0.2, 0) is 22.4 Å². The Balaban J connectivity index is 1.30. The molecule has 2 amide bonds. The summed E-state index contributed by atoms with van der Waals surface area (Å²) in [5.74, 6) is 1.08. The number of unbranched alkanes of at least 4 members (excludes halogenated alkanes) is 3. The molecule has 10 nitrogen and oxygen atoms in total. The highest BCUT2D eigenvalue weighted by atomic mass is 35.5. The van der Waals surface area contributed by atoms with Gasteiger partial charge in [0.2, 0.25) is 11.8 Å². The largest absolute Gasteiger partial charge is 0.495 e. The molecule has 1 aliphatic rings. The van der Waals surface area contributed by atoms with Gasteiger partial charge in [0.15, 0.2) is 0 Å². The van der Waals surface area contributed by atoms with E-state index < -0.39 is 0 Å². The Morgan fingerprint density at radius 1 is 0.935 bits per heavy atom. The molecule has 0 radical (unpaired) electrons. The number of methoxy groups -OCH3 is 2. The standard InChI is InChI=1S/C34H44Cl2N6O4/c1-5-6-7-8-13-37-31(43)22-41-14-16-42(17-15-41)26-11-9-24(10-12-26)18-25-19-30(39-23-38-25)40(2)32(44)20-27-33(35)28(45-3)21-29(46-4)34(27)36/h9-12,19,21,23H,5-8,13-18,20,22H2,1-4H3,(H,37,43). The third-order valence-electron chi connectivity index (χ3n) is 8.20. The van der Waals surface area contributed by atoms with Gasteiger partial charge in [0, 0.05) is 69.6 Å². The van der Waals surface area contributed by atoms with E-state index in [1.54, 1.807) is 13.1 Å². The fourth-order valence-corrected chi connectivity index (χ4v) is 6.03. The van der Waals surface area contributed by atoms with Gasteiger partial charge in [0.25, 0.3) is 0 Å². The number of carbonyl (C=O) groups excluding carboxylic acids is 2. The number of likely N-dealkylation sites (N-methyl/N-ethyl adjacent to an activating group) is 1. The average Bonchev–Trinajstić information content (AvgIpc) is 3.07. The quantitative estimate of drug-likeness (QED) is 0.214. The Kier molecular flexibility index (Phi) is 13.3. The molecule has 12 heteroatoms. The van der Waals surface area contributed by atoms with Crippen molar-refractivity contribution in [2.75, 3.05) is 70.3 Å². The van der Waals surface area contributed by atoms with E-state index in [2.05, 4.69) is 56.3 Å². The summed E-state index contributed by atoms with van der Waals surface area (Å²) in [6, 6.07) is 11.9. The van der Waals surface area contributed by atoms with Crippen LogP contribution in [0.5, 0.6) is 11.5 Å². The van der Waals surface area contributed by atoms with Gasteiger partial charge in [-0.15, -0.1) is 0 Å². The fourth-order valence-electron chi connectivity index (χ4n) is 5.39. The van der Waals surface area contributed by atoms with Gasteiger partial charge >= 0.3 is 0 Å². The molecule has 46 heavy (non-hydrogen) atoms. The van der Waals surface area contributed by atoms with Crippen LogP contribution in [0.2, 0.25) is 10.0 Å². The van der Waals surface area contributed by atoms with E-state index in [0.29, 0.717) is 35.8 Å². The Bertz CT molecular complexity index is 1440. The molecular weight excluding hydrogens is 627 g/mol. The Labute approximate surface area is 282 Å². The molecule has 2 heterocycles. The summed E-state index contributed by atoms with van der Waals surface area (Å²) in [5.41, 5.74) is 3.46. The van der Waals surface area contributed by atoms with E-state index in [1.165, 1.54) is 44.7 Å². The average molecular weight is 672 g/mol. The summed E-state index contributed by atoms with van der Waals surface area (Å²) in [4.78, 5) is 40.4. The van der Waals surface area contributed by atoms with Gasteiger partial charge < -0.3 is 19.7 Å². The number of aromatic nitrogens is 2. The number of carbonyl (C=O) groups is 2. The van der Waals surface area contributed by atoms with Gasteiger partial charge in [0.1, 0.15) is 23.6 Å². The van der Waals surface area contributed by atoms with E-state index >= 15 is 0 Å². The van der Waals surface area contributed by atoms with Gasteiger partial charge in [-0.3, -0.25) is 19.4 Å². The first-order valence-corrected chi connectivity index (χ1v) is 16.5. The summed E-state index contributed by atoms with van der Waals surface area (Å²) in [6.45, 7) is 6.86. The number of piperazine rings is 1. The van der Waals surface area contributed by atoms with Crippen molar-refractivity contribution in [3.05, 3.63) is 69.6 Å².